The fourth-order valence-electron chi connectivity index (χ4n) is 2.95. The van der Waals surface area contributed by atoms with E-state index in [2.05, 4.69) is 5.10 Å². The predicted molar refractivity (Wildman–Crippen MR) is 95.4 cm³/mol. The van der Waals surface area contributed by atoms with Crippen molar-refractivity contribution in [3.63, 3.8) is 0 Å². The molecule has 144 valence electrons. The second-order valence-corrected chi connectivity index (χ2v) is 6.23. The molecule has 0 aliphatic carbocycles. The molecule has 0 amide bonds. The number of carbonyl (C=O) groups excluding carboxylic acids is 1. The fraction of sp³-hybridized carbons (Fsp3) is 0.150. The summed E-state index contributed by atoms with van der Waals surface area (Å²) >= 11 is 0. The first-order valence-corrected chi connectivity index (χ1v) is 8.21. The Kier molecular flexibility index (Phi) is 4.80. The van der Waals surface area contributed by atoms with Crippen molar-refractivity contribution in [1.29, 1.82) is 0 Å². The van der Waals surface area contributed by atoms with Gasteiger partial charge in [0, 0.05) is 22.9 Å². The highest BCUT2D eigenvalue weighted by Gasteiger charge is 2.39. The minimum absolute atomic E-state index is 0.0816. The molecular weight excluding hydrogens is 373 g/mol. The van der Waals surface area contributed by atoms with Crippen LogP contribution in [0.3, 0.4) is 0 Å². The summed E-state index contributed by atoms with van der Waals surface area (Å²) in [4.78, 5) is 23.3. The lowest BCUT2D eigenvalue weighted by Crippen LogP contribution is -2.16. The molecule has 5 nitrogen and oxygen atoms in total. The molecule has 3 rings (SSSR count). The fourth-order valence-corrected chi connectivity index (χ4v) is 2.95. The van der Waals surface area contributed by atoms with Gasteiger partial charge in [0.25, 0.3) is 5.78 Å². The molecule has 0 radical (unpaired) electrons. The number of aryl methyl sites for hydroxylation is 1. The first-order valence-electron chi connectivity index (χ1n) is 8.21. The van der Waals surface area contributed by atoms with E-state index in [1.165, 1.54) is 18.3 Å². The molecular formula is C20H15F3N2O3. The Hall–Kier alpha value is -3.42. The van der Waals surface area contributed by atoms with Crippen molar-refractivity contribution in [1.82, 2.24) is 9.78 Å². The van der Waals surface area contributed by atoms with Crippen LogP contribution in [0.1, 0.15) is 27.2 Å². The van der Waals surface area contributed by atoms with Gasteiger partial charge in [0.05, 0.1) is 5.69 Å². The van der Waals surface area contributed by atoms with Crippen molar-refractivity contribution in [3.05, 3.63) is 71.0 Å². The van der Waals surface area contributed by atoms with E-state index in [0.29, 0.717) is 16.8 Å². The maximum Gasteiger partial charge on any atom is 0.435 e. The van der Waals surface area contributed by atoms with Gasteiger partial charge >= 0.3 is 12.1 Å². The molecule has 0 saturated heterocycles. The van der Waals surface area contributed by atoms with Gasteiger partial charge < -0.3 is 5.11 Å². The highest BCUT2D eigenvalue weighted by molar-refractivity contribution is 6.41. The van der Waals surface area contributed by atoms with Crippen LogP contribution in [0.4, 0.5) is 13.2 Å². The highest BCUT2D eigenvalue weighted by Crippen LogP contribution is 2.40. The van der Waals surface area contributed by atoms with Crippen LogP contribution in [-0.2, 0) is 11.0 Å². The maximum absolute atomic E-state index is 13.7. The van der Waals surface area contributed by atoms with E-state index < -0.39 is 23.6 Å². The topological polar surface area (TPSA) is 72.2 Å². The SMILES string of the molecule is Cc1ccc(C(=O)C(=O)O)c(-c2cn(-c3ccccc3)nc2C(F)(F)F)c1C. The summed E-state index contributed by atoms with van der Waals surface area (Å²) in [5, 5.41) is 12.8. The van der Waals surface area contributed by atoms with Gasteiger partial charge in [-0.05, 0) is 43.2 Å². The standard InChI is InChI=1S/C20H15F3N2O3/c1-11-8-9-14(17(26)19(27)28)16(12(11)2)15-10-25(13-6-4-3-5-7-13)24-18(15)20(21,22)23/h3-10H,1-2H3,(H,27,28). The van der Waals surface area contributed by atoms with Crippen LogP contribution in [0.2, 0.25) is 0 Å². The zero-order valence-electron chi connectivity index (χ0n) is 14.9. The maximum atomic E-state index is 13.7. The predicted octanol–water partition coefficient (Wildman–Crippen LogP) is 4.44. The van der Waals surface area contributed by atoms with E-state index in [9.17, 15) is 22.8 Å². The Labute approximate surface area is 158 Å². The van der Waals surface area contributed by atoms with E-state index in [1.54, 1.807) is 44.2 Å². The van der Waals surface area contributed by atoms with Gasteiger partial charge in [-0.2, -0.15) is 18.3 Å². The summed E-state index contributed by atoms with van der Waals surface area (Å²) in [6.45, 7) is 3.21. The number of hydrogen-bond donors (Lipinski definition) is 1. The van der Waals surface area contributed by atoms with Gasteiger partial charge in [0.15, 0.2) is 5.69 Å². The van der Waals surface area contributed by atoms with Crippen LogP contribution in [0.25, 0.3) is 16.8 Å². The third-order valence-corrected chi connectivity index (χ3v) is 4.45. The number of Topliss-reactive ketones (excluding diaryl/α,β-unsaturated/α-hetero) is 1. The average Bonchev–Trinajstić information content (AvgIpc) is 3.09. The number of aliphatic carboxylic acids is 1. The molecule has 2 aromatic carbocycles. The Morgan fingerprint density at radius 1 is 1.04 bits per heavy atom. The van der Waals surface area contributed by atoms with Crippen molar-refractivity contribution in [3.8, 4) is 16.8 Å². The lowest BCUT2D eigenvalue weighted by Gasteiger charge is -2.14. The number of alkyl halides is 3. The van der Waals surface area contributed by atoms with E-state index in [0.717, 1.165) is 4.68 Å². The molecule has 3 aromatic rings. The second kappa shape index (κ2) is 6.95. The number of carboxylic acid groups (broad SMARTS) is 1. The summed E-state index contributed by atoms with van der Waals surface area (Å²) in [6, 6.07) is 10.9. The summed E-state index contributed by atoms with van der Waals surface area (Å²) < 4.78 is 42.2. The molecule has 0 fully saturated rings. The molecule has 8 heteroatoms. The number of ketones is 1. The van der Waals surface area contributed by atoms with Crippen molar-refractivity contribution >= 4 is 11.8 Å². The number of hydrogen-bond acceptors (Lipinski definition) is 3. The van der Waals surface area contributed by atoms with E-state index >= 15 is 0 Å². The number of carbonyl (C=O) groups is 2. The smallest absolute Gasteiger partial charge is 0.435 e. The highest BCUT2D eigenvalue weighted by atomic mass is 19.4. The van der Waals surface area contributed by atoms with E-state index in [4.69, 9.17) is 5.11 Å². The van der Waals surface area contributed by atoms with Crippen molar-refractivity contribution < 1.29 is 27.9 Å². The van der Waals surface area contributed by atoms with Crippen molar-refractivity contribution in [2.75, 3.05) is 0 Å². The summed E-state index contributed by atoms with van der Waals surface area (Å²) in [7, 11) is 0. The van der Waals surface area contributed by atoms with Gasteiger partial charge in [-0.15, -0.1) is 0 Å². The lowest BCUT2D eigenvalue weighted by atomic mass is 9.90. The van der Waals surface area contributed by atoms with E-state index in [-0.39, 0.29) is 16.7 Å². The van der Waals surface area contributed by atoms with Crippen LogP contribution in [-0.4, -0.2) is 26.6 Å². The molecule has 1 heterocycles. The van der Waals surface area contributed by atoms with Crippen LogP contribution >= 0.6 is 0 Å². The van der Waals surface area contributed by atoms with Crippen LogP contribution in [0.5, 0.6) is 0 Å². The van der Waals surface area contributed by atoms with Crippen LogP contribution in [0.15, 0.2) is 48.7 Å². The number of carboxylic acids is 1. The second-order valence-electron chi connectivity index (χ2n) is 6.23. The summed E-state index contributed by atoms with van der Waals surface area (Å²) in [6.07, 6.45) is -3.63. The quantitative estimate of drug-likeness (QED) is 0.530. The zero-order chi connectivity index (χ0) is 20.6. The third kappa shape index (κ3) is 3.40. The minimum Gasteiger partial charge on any atom is -0.475 e. The Morgan fingerprint density at radius 3 is 2.25 bits per heavy atom. The minimum atomic E-state index is -4.80. The lowest BCUT2D eigenvalue weighted by molar-refractivity contribution is -0.140. The molecule has 28 heavy (non-hydrogen) atoms. The number of nitrogens with zero attached hydrogens (tertiary/aromatic N) is 2. The van der Waals surface area contributed by atoms with Gasteiger partial charge in [-0.1, -0.05) is 24.3 Å². The molecule has 1 N–H and O–H groups in total. The summed E-state index contributed by atoms with van der Waals surface area (Å²) in [5.74, 6) is -3.02. The first kappa shape index (κ1) is 19.3. The number of halogens is 3. The van der Waals surface area contributed by atoms with Gasteiger partial charge in [-0.25, -0.2) is 9.48 Å². The number of aromatic nitrogens is 2. The van der Waals surface area contributed by atoms with Crippen LogP contribution < -0.4 is 0 Å². The monoisotopic (exact) mass is 388 g/mol. The molecule has 0 saturated carbocycles. The van der Waals surface area contributed by atoms with Crippen molar-refractivity contribution in [2.45, 2.75) is 20.0 Å². The van der Waals surface area contributed by atoms with Crippen LogP contribution in [0, 0.1) is 13.8 Å². The molecule has 0 spiro atoms. The zero-order valence-corrected chi connectivity index (χ0v) is 14.9. The van der Waals surface area contributed by atoms with E-state index in [1.807, 2.05) is 0 Å². The van der Waals surface area contributed by atoms with Gasteiger partial charge in [0.1, 0.15) is 0 Å². The van der Waals surface area contributed by atoms with Gasteiger partial charge in [0.2, 0.25) is 0 Å². The molecule has 0 aliphatic heterocycles. The third-order valence-electron chi connectivity index (χ3n) is 4.45. The Bertz CT molecular complexity index is 1070. The molecule has 0 aliphatic rings. The first-order chi connectivity index (χ1) is 13.1. The average molecular weight is 388 g/mol. The number of rotatable bonds is 4. The normalized spacial score (nSPS) is 11.5. The molecule has 0 unspecified atom stereocenters. The molecule has 1 aromatic heterocycles. The summed E-state index contributed by atoms with van der Waals surface area (Å²) in [5.41, 5.74) is -0.527. The molecule has 0 atom stereocenters. The number of para-hydroxylation sites is 1. The Morgan fingerprint density at radius 2 is 1.68 bits per heavy atom. The van der Waals surface area contributed by atoms with Crippen molar-refractivity contribution in [2.24, 2.45) is 0 Å². The Balaban J connectivity index is 2.35. The molecule has 0 bridgehead atoms. The number of benzene rings is 2. The largest absolute Gasteiger partial charge is 0.475 e. The van der Waals surface area contributed by atoms with Gasteiger partial charge in [-0.3, -0.25) is 4.79 Å².